The van der Waals surface area contributed by atoms with Crippen LogP contribution in [0.1, 0.15) is 113 Å². The fraction of sp³-hybridized carbons (Fsp3) is 0.327. The van der Waals surface area contributed by atoms with Gasteiger partial charge in [-0.25, -0.2) is 4.39 Å². The third-order valence-electron chi connectivity index (χ3n) is 10.1. The molecule has 0 fully saturated rings. The number of aliphatic hydroxyl groups is 2. The average Bonchev–Trinajstić information content (AvgIpc) is 3.63. The number of carboxylic acid groups (broad SMARTS) is 2. The van der Waals surface area contributed by atoms with E-state index in [9.17, 15) is 29.0 Å². The van der Waals surface area contributed by atoms with Gasteiger partial charge in [0, 0.05) is 29.9 Å². The molecule has 0 aliphatic rings. The molecule has 3 aromatic carbocycles. The first kappa shape index (κ1) is 59.1. The number of carbonyl (C=O) groups is 3. The van der Waals surface area contributed by atoms with Crippen molar-refractivity contribution in [3.05, 3.63) is 175 Å². The number of amides is 1. The number of hydrogen-bond donors (Lipinski definition) is 5. The van der Waals surface area contributed by atoms with Crippen molar-refractivity contribution in [2.24, 2.45) is 0 Å². The number of allylic oxidation sites excluding steroid dienone is 12. The summed E-state index contributed by atoms with van der Waals surface area (Å²) in [7, 11) is 0. The number of rotatable bonds is 26. The quantitative estimate of drug-likeness (QED) is 0.0307. The Bertz CT molecular complexity index is 2210. The van der Waals surface area contributed by atoms with E-state index in [1.165, 1.54) is 12.1 Å². The maximum atomic E-state index is 14.0. The number of aliphatic carboxylic acids is 2. The van der Waals surface area contributed by atoms with E-state index in [1.54, 1.807) is 12.1 Å². The normalized spacial score (nSPS) is 12.5. The number of benzene rings is 3. The van der Waals surface area contributed by atoms with Crippen molar-refractivity contribution in [3.8, 4) is 22.4 Å². The summed E-state index contributed by atoms with van der Waals surface area (Å²) in [6.45, 7) is 6.40. The molecule has 12 heteroatoms. The number of carboxylic acids is 2. The van der Waals surface area contributed by atoms with Gasteiger partial charge in [0.2, 0.25) is 0 Å². The van der Waals surface area contributed by atoms with Gasteiger partial charge in [-0.2, -0.15) is 0 Å². The van der Waals surface area contributed by atoms with Crippen LogP contribution < -0.4 is 5.32 Å². The Kier molecular flexibility index (Phi) is 30.4. The van der Waals surface area contributed by atoms with Gasteiger partial charge in [0.25, 0.3) is 5.91 Å². The number of nitrogens with zero attached hydrogens (tertiary/aromatic N) is 1. The molecule has 0 saturated heterocycles. The van der Waals surface area contributed by atoms with Crippen LogP contribution in [0, 0.1) is 5.82 Å². The standard InChI is InChI=1S/C33H35FN2O5.C22H32O2.Al.H2O/c1-21(2)31-30(33(41)35-25-11-7-4-8-12-25)29(22-9-5-3-6-10-22)32(23-13-15-24(34)16-14-23)36(31)18-17-26(37)19-27(38)20-28(39)40;1-2-3-4-5-6-7-8-9-10-11-12-13-14-15-16-17-18-19-20-21-22(23)24;;/h3-16,21,26-27,37-38H,17-20H2,1-2H3,(H,35,41)(H,39,40);3-4,6-7,9-10,12-13,15-16,18-19H,2,5,8,11,14,17,20-21H2,1H3,(H,23,24);;1H2/q;;+3;/b;4-3+,7-6+,10-9+,13-12+,16-15+,19-18+;;/t26-,27-;;;/m1.../s1. The fourth-order valence-electron chi connectivity index (χ4n) is 7.05. The molecule has 0 saturated carbocycles. The zero-order chi connectivity index (χ0) is 47.2. The van der Waals surface area contributed by atoms with Crippen molar-refractivity contribution in [1.29, 1.82) is 0 Å². The molecule has 0 bridgehead atoms. The molecule has 67 heavy (non-hydrogen) atoms. The van der Waals surface area contributed by atoms with Crippen molar-refractivity contribution in [3.63, 3.8) is 0 Å². The van der Waals surface area contributed by atoms with E-state index in [1.807, 2.05) is 91.2 Å². The summed E-state index contributed by atoms with van der Waals surface area (Å²) in [5.74, 6) is -2.68. The molecular weight excluding hydrogens is 863 g/mol. The van der Waals surface area contributed by atoms with Crippen molar-refractivity contribution in [2.45, 2.75) is 116 Å². The molecule has 0 radical (unpaired) electrons. The molecule has 2 atom stereocenters. The summed E-state index contributed by atoms with van der Waals surface area (Å²) in [4.78, 5) is 35.3. The first-order chi connectivity index (χ1) is 31.4. The number of hydrogen-bond acceptors (Lipinski definition) is 5. The summed E-state index contributed by atoms with van der Waals surface area (Å²) >= 11 is 0. The molecular formula is C55H69AlFN2O8+3. The monoisotopic (exact) mass is 931 g/mol. The van der Waals surface area contributed by atoms with Crippen molar-refractivity contribution in [1.82, 2.24) is 4.57 Å². The first-order valence-electron chi connectivity index (χ1n) is 22.6. The van der Waals surface area contributed by atoms with Crippen molar-refractivity contribution < 1.29 is 44.7 Å². The minimum Gasteiger partial charge on any atom is -0.481 e. The Morgan fingerprint density at radius 2 is 1.15 bits per heavy atom. The molecule has 1 aromatic heterocycles. The molecule has 7 N–H and O–H groups in total. The van der Waals surface area contributed by atoms with Crippen LogP contribution in [0.3, 0.4) is 0 Å². The summed E-state index contributed by atoms with van der Waals surface area (Å²) in [6.07, 6.45) is 29.9. The smallest absolute Gasteiger partial charge is 0.481 e. The predicted octanol–water partition coefficient (Wildman–Crippen LogP) is 11.7. The van der Waals surface area contributed by atoms with E-state index in [4.69, 9.17) is 10.2 Å². The molecule has 354 valence electrons. The van der Waals surface area contributed by atoms with Gasteiger partial charge in [-0.1, -0.05) is 142 Å². The van der Waals surface area contributed by atoms with Gasteiger partial charge in [0.1, 0.15) is 5.82 Å². The second-order valence-corrected chi connectivity index (χ2v) is 15.8. The van der Waals surface area contributed by atoms with Gasteiger partial charge >= 0.3 is 29.3 Å². The number of nitrogens with one attached hydrogen (secondary N) is 1. The maximum absolute atomic E-state index is 14.0. The molecule has 0 unspecified atom stereocenters. The van der Waals surface area contributed by atoms with Crippen LogP contribution in [0.4, 0.5) is 10.1 Å². The average molecular weight is 932 g/mol. The Labute approximate surface area is 407 Å². The number of halogens is 1. The van der Waals surface area contributed by atoms with E-state index >= 15 is 0 Å². The largest absolute Gasteiger partial charge is 3.00 e. The maximum Gasteiger partial charge on any atom is 3.00 e. The van der Waals surface area contributed by atoms with Crippen molar-refractivity contribution >= 4 is 40.9 Å². The Morgan fingerprint density at radius 3 is 1.63 bits per heavy atom. The van der Waals surface area contributed by atoms with Crippen LogP contribution in [0.15, 0.2) is 158 Å². The van der Waals surface area contributed by atoms with Crippen LogP contribution in [0.25, 0.3) is 22.4 Å². The second kappa shape index (κ2) is 34.4. The van der Waals surface area contributed by atoms with E-state index < -0.39 is 30.6 Å². The van der Waals surface area contributed by atoms with E-state index in [0.717, 1.165) is 49.8 Å². The number of para-hydroxylation sites is 1. The van der Waals surface area contributed by atoms with Crippen molar-refractivity contribution in [2.75, 3.05) is 5.32 Å². The molecule has 4 aromatic rings. The molecule has 1 heterocycles. The number of aromatic nitrogens is 1. The van der Waals surface area contributed by atoms with Gasteiger partial charge in [-0.05, 0) is 111 Å². The molecule has 0 aliphatic heterocycles. The van der Waals surface area contributed by atoms with E-state index in [-0.39, 0.29) is 66.3 Å². The summed E-state index contributed by atoms with van der Waals surface area (Å²) in [5, 5.41) is 41.3. The SMILES string of the molecule is CC(C)c1c(C(=O)Nc2ccccc2)c(-c2ccccc2)c(-c2ccc(F)cc2)n1CC[C@@H](O)C[C@@H](O)CC(=O)O.CC/C=C/C/C=C/C/C=C/C/C=C/C/C=C/C/C=C/CCC(=O)O.O.[Al+3]. The number of carbonyl (C=O) groups excluding carboxylic acids is 1. The van der Waals surface area contributed by atoms with Gasteiger partial charge in [0.05, 0.1) is 29.9 Å². The third-order valence-corrected chi connectivity index (χ3v) is 10.1. The van der Waals surface area contributed by atoms with Gasteiger partial charge in [0.15, 0.2) is 0 Å². The van der Waals surface area contributed by atoms with Gasteiger partial charge in [-0.15, -0.1) is 0 Å². The Morgan fingerprint density at radius 1 is 0.657 bits per heavy atom. The molecule has 10 nitrogen and oxygen atoms in total. The number of anilines is 1. The topological polar surface area (TPSA) is 181 Å². The van der Waals surface area contributed by atoms with Crippen LogP contribution in [-0.4, -0.2) is 77.9 Å². The molecule has 0 aliphatic carbocycles. The zero-order valence-corrected chi connectivity index (χ0v) is 40.3. The minimum absolute atomic E-state index is 0. The zero-order valence-electron chi connectivity index (χ0n) is 39.1. The van der Waals surface area contributed by atoms with Crippen LogP contribution in [0.2, 0.25) is 0 Å². The fourth-order valence-corrected chi connectivity index (χ4v) is 7.05. The summed E-state index contributed by atoms with van der Waals surface area (Å²) in [5.41, 5.74) is 4.77. The minimum atomic E-state index is -1.18. The van der Waals surface area contributed by atoms with Gasteiger partial charge < -0.3 is 35.8 Å². The summed E-state index contributed by atoms with van der Waals surface area (Å²) in [6, 6.07) is 24.8. The predicted molar refractivity (Wildman–Crippen MR) is 272 cm³/mol. The first-order valence-corrected chi connectivity index (χ1v) is 22.6. The van der Waals surface area contributed by atoms with Gasteiger partial charge in [-0.3, -0.25) is 14.4 Å². The molecule has 4 rings (SSSR count). The third kappa shape index (κ3) is 22.9. The Hall–Kier alpha value is -5.87. The van der Waals surface area contributed by atoms with Crippen LogP contribution in [-0.2, 0) is 16.1 Å². The van der Waals surface area contributed by atoms with Crippen LogP contribution in [0.5, 0.6) is 0 Å². The summed E-state index contributed by atoms with van der Waals surface area (Å²) < 4.78 is 16.0. The van der Waals surface area contributed by atoms with E-state index in [0.29, 0.717) is 34.5 Å². The second-order valence-electron chi connectivity index (χ2n) is 15.8. The van der Waals surface area contributed by atoms with Crippen LogP contribution >= 0.6 is 0 Å². The number of aliphatic hydroxyl groups excluding tert-OH is 2. The van der Waals surface area contributed by atoms with E-state index in [2.05, 4.69) is 73.0 Å². The molecule has 1 amide bonds. The molecule has 0 spiro atoms. The Balaban J connectivity index is 0.000000746.